The van der Waals surface area contributed by atoms with E-state index in [0.29, 0.717) is 16.9 Å². The number of aliphatic hydroxyl groups excluding tert-OH is 1. The van der Waals surface area contributed by atoms with Crippen LogP contribution in [0.4, 0.5) is 5.95 Å². The first-order valence-electron chi connectivity index (χ1n) is 12.0. The lowest BCUT2D eigenvalue weighted by molar-refractivity contribution is -0.149. The van der Waals surface area contributed by atoms with Gasteiger partial charge < -0.3 is 34.6 Å². The molecule has 15 heteroatoms. The van der Waals surface area contributed by atoms with E-state index in [1.165, 1.54) is 13.3 Å². The van der Waals surface area contributed by atoms with E-state index in [2.05, 4.69) is 20.0 Å². The van der Waals surface area contributed by atoms with Crippen molar-refractivity contribution in [3.8, 4) is 5.75 Å². The number of aromatic nitrogens is 4. The molecule has 0 bridgehead atoms. The molecule has 1 unspecified atom stereocenters. The normalized spacial score (nSPS) is 21.9. The zero-order valence-corrected chi connectivity index (χ0v) is 22.9. The molecule has 1 aromatic carbocycles. The fourth-order valence-electron chi connectivity index (χ4n) is 3.92. The minimum Gasteiger partial charge on any atom is -0.462 e. The zero-order chi connectivity index (χ0) is 27.4. The van der Waals surface area contributed by atoms with Crippen LogP contribution in [0.25, 0.3) is 11.2 Å². The Hall–Kier alpha value is -2.87. The fourth-order valence-corrected chi connectivity index (χ4v) is 5.85. The second kappa shape index (κ2) is 11.9. The zero-order valence-electron chi connectivity index (χ0n) is 21.1. The monoisotopic (exact) mass is 566 g/mol. The standard InChI is InChI=1S/C23H31N6O7PS/c1-13(2)34-22(31)14(3)28-37(32,36-15-7-5-4-6-8-15)12-33-10-17-16(30)9-18(35-17)29-11-25-19-20(29)26-23(24)27-21(19)38/h4-8,11,13-14,16-18,30H,9-10,12H2,1-3H3,(H,28,32)(H3,24,26,27,38)/t14-,16-,17+,18+,37?/m0/s1. The molecule has 1 aliphatic rings. The highest BCUT2D eigenvalue weighted by molar-refractivity contribution is 7.71. The van der Waals surface area contributed by atoms with Crippen molar-refractivity contribution in [2.75, 3.05) is 18.7 Å². The molecule has 38 heavy (non-hydrogen) atoms. The van der Waals surface area contributed by atoms with Gasteiger partial charge in [0.1, 0.15) is 41.6 Å². The number of anilines is 1. The van der Waals surface area contributed by atoms with Gasteiger partial charge in [-0.2, -0.15) is 0 Å². The van der Waals surface area contributed by atoms with Crippen molar-refractivity contribution in [1.82, 2.24) is 24.6 Å². The number of benzene rings is 1. The number of nitrogens with two attached hydrogens (primary N) is 1. The predicted octanol–water partition coefficient (Wildman–Crippen LogP) is 2.90. The van der Waals surface area contributed by atoms with E-state index in [1.54, 1.807) is 48.7 Å². The third kappa shape index (κ3) is 6.76. The number of carbonyl (C=O) groups excluding carboxylic acids is 1. The van der Waals surface area contributed by atoms with Gasteiger partial charge in [0.2, 0.25) is 0 Å². The van der Waals surface area contributed by atoms with Crippen molar-refractivity contribution in [1.29, 1.82) is 0 Å². The average molecular weight is 567 g/mol. The molecular formula is C23H31N6O7PS. The molecule has 206 valence electrons. The quantitative estimate of drug-likeness (QED) is 0.152. The Morgan fingerprint density at radius 2 is 2.11 bits per heavy atom. The number of para-hydroxylation sites is 1. The molecule has 1 aliphatic heterocycles. The Balaban J connectivity index is 1.42. The number of aliphatic hydroxyl groups is 1. The van der Waals surface area contributed by atoms with Crippen LogP contribution in [-0.2, 0) is 23.6 Å². The third-order valence-electron chi connectivity index (χ3n) is 5.61. The van der Waals surface area contributed by atoms with Crippen molar-refractivity contribution in [3.05, 3.63) is 41.3 Å². The first-order valence-corrected chi connectivity index (χ1v) is 14.2. The summed E-state index contributed by atoms with van der Waals surface area (Å²) in [6.45, 7) is 4.89. The van der Waals surface area contributed by atoms with E-state index >= 15 is 0 Å². The lowest BCUT2D eigenvalue weighted by atomic mass is 10.2. The minimum absolute atomic E-state index is 0.0847. The summed E-state index contributed by atoms with van der Waals surface area (Å²) in [5.74, 6) is -0.0979. The maximum absolute atomic E-state index is 13.7. The average Bonchev–Trinajstić information content (AvgIpc) is 3.42. The van der Waals surface area contributed by atoms with E-state index in [0.717, 1.165) is 0 Å². The summed E-state index contributed by atoms with van der Waals surface area (Å²) in [5.41, 5.74) is 6.77. The van der Waals surface area contributed by atoms with Gasteiger partial charge in [-0.25, -0.2) is 15.1 Å². The summed E-state index contributed by atoms with van der Waals surface area (Å²) in [4.78, 5) is 23.5. The lowest BCUT2D eigenvalue weighted by Gasteiger charge is -2.25. The summed E-state index contributed by atoms with van der Waals surface area (Å²) in [6.07, 6.45) is -1.12. The number of nitrogens with zero attached hydrogens (tertiary/aromatic N) is 3. The second-order valence-electron chi connectivity index (χ2n) is 9.12. The number of imidazole rings is 1. The molecule has 5 atom stereocenters. The van der Waals surface area contributed by atoms with Gasteiger partial charge in [-0.05, 0) is 32.9 Å². The molecule has 1 saturated heterocycles. The molecule has 0 amide bonds. The van der Waals surface area contributed by atoms with Crippen LogP contribution in [0, 0.1) is 4.64 Å². The SMILES string of the molecule is CC(C)OC(=O)[C@H](C)NP(=O)(COC[C@H]1O[C@@H](n2cnc3c(=S)nc(N)[nH]c32)C[C@@H]1O)Oc1ccccc1. The highest BCUT2D eigenvalue weighted by Crippen LogP contribution is 2.44. The highest BCUT2D eigenvalue weighted by atomic mass is 32.1. The molecule has 5 N–H and O–H groups in total. The largest absolute Gasteiger partial charge is 0.462 e. The number of H-pyrrole nitrogens is 1. The van der Waals surface area contributed by atoms with Crippen LogP contribution in [0.5, 0.6) is 5.75 Å². The Labute approximate surface area is 224 Å². The van der Waals surface area contributed by atoms with Crippen LogP contribution in [0.15, 0.2) is 36.7 Å². The number of esters is 1. The summed E-state index contributed by atoms with van der Waals surface area (Å²) < 4.78 is 38.3. The van der Waals surface area contributed by atoms with Gasteiger partial charge in [-0.1, -0.05) is 30.4 Å². The van der Waals surface area contributed by atoms with Crippen molar-refractivity contribution >= 4 is 42.8 Å². The van der Waals surface area contributed by atoms with E-state index < -0.39 is 38.0 Å². The molecule has 2 aromatic heterocycles. The summed E-state index contributed by atoms with van der Waals surface area (Å²) in [7, 11) is -3.74. The van der Waals surface area contributed by atoms with E-state index in [-0.39, 0.29) is 36.1 Å². The molecule has 0 aliphatic carbocycles. The molecule has 1 fully saturated rings. The molecule has 4 rings (SSSR count). The Kier molecular flexibility index (Phi) is 8.81. The van der Waals surface area contributed by atoms with Gasteiger partial charge >= 0.3 is 13.5 Å². The number of nitrogens with one attached hydrogen (secondary N) is 2. The smallest absolute Gasteiger partial charge is 0.342 e. The Morgan fingerprint density at radius 3 is 2.82 bits per heavy atom. The second-order valence-corrected chi connectivity index (χ2v) is 11.6. The predicted molar refractivity (Wildman–Crippen MR) is 141 cm³/mol. The van der Waals surface area contributed by atoms with Gasteiger partial charge in [0, 0.05) is 6.42 Å². The highest BCUT2D eigenvalue weighted by Gasteiger charge is 2.37. The third-order valence-corrected chi connectivity index (χ3v) is 7.71. The maximum atomic E-state index is 13.7. The maximum Gasteiger partial charge on any atom is 0.342 e. The lowest BCUT2D eigenvalue weighted by Crippen LogP contribution is -2.37. The first kappa shape index (κ1) is 28.1. The number of fused-ring (bicyclic) bond motifs is 1. The van der Waals surface area contributed by atoms with Crippen LogP contribution in [0.3, 0.4) is 0 Å². The number of hydrogen-bond donors (Lipinski definition) is 4. The van der Waals surface area contributed by atoms with Crippen molar-refractivity contribution in [2.24, 2.45) is 0 Å². The summed E-state index contributed by atoms with van der Waals surface area (Å²) in [6, 6.07) is 7.62. The number of rotatable bonds is 11. The Bertz CT molecular complexity index is 1370. The molecule has 3 heterocycles. The number of hydrogen-bond acceptors (Lipinski definition) is 11. The van der Waals surface area contributed by atoms with Crippen molar-refractivity contribution in [3.63, 3.8) is 0 Å². The summed E-state index contributed by atoms with van der Waals surface area (Å²) in [5, 5.41) is 13.4. The number of carbonyl (C=O) groups is 1. The molecular weight excluding hydrogens is 535 g/mol. The van der Waals surface area contributed by atoms with Gasteiger partial charge in [0.15, 0.2) is 10.6 Å². The van der Waals surface area contributed by atoms with Crippen LogP contribution in [-0.4, -0.2) is 67.9 Å². The number of nitrogen functional groups attached to an aromatic ring is 1. The summed E-state index contributed by atoms with van der Waals surface area (Å²) >= 11 is 5.21. The molecule has 0 radical (unpaired) electrons. The molecule has 13 nitrogen and oxygen atoms in total. The van der Waals surface area contributed by atoms with E-state index in [1.807, 2.05) is 0 Å². The van der Waals surface area contributed by atoms with Gasteiger partial charge in [-0.15, -0.1) is 0 Å². The molecule has 0 saturated carbocycles. The van der Waals surface area contributed by atoms with Crippen molar-refractivity contribution in [2.45, 2.75) is 57.8 Å². The van der Waals surface area contributed by atoms with Gasteiger partial charge in [0.05, 0.1) is 25.1 Å². The van der Waals surface area contributed by atoms with Gasteiger partial charge in [0.25, 0.3) is 0 Å². The van der Waals surface area contributed by atoms with Gasteiger partial charge in [-0.3, -0.25) is 13.9 Å². The van der Waals surface area contributed by atoms with E-state index in [9.17, 15) is 14.5 Å². The van der Waals surface area contributed by atoms with Crippen molar-refractivity contribution < 1.29 is 33.2 Å². The first-order chi connectivity index (χ1) is 18.0. The topological polar surface area (TPSA) is 176 Å². The number of ether oxygens (including phenoxy) is 3. The van der Waals surface area contributed by atoms with Crippen LogP contribution >= 0.6 is 19.7 Å². The molecule has 3 aromatic rings. The van der Waals surface area contributed by atoms with Crippen LogP contribution < -0.4 is 15.3 Å². The molecule has 0 spiro atoms. The van der Waals surface area contributed by atoms with Crippen LogP contribution in [0.2, 0.25) is 0 Å². The fraction of sp³-hybridized carbons (Fsp3) is 0.478. The number of aromatic amines is 1. The van der Waals surface area contributed by atoms with Crippen LogP contribution in [0.1, 0.15) is 33.4 Å². The Morgan fingerprint density at radius 1 is 1.37 bits per heavy atom. The minimum atomic E-state index is -3.74. The van der Waals surface area contributed by atoms with E-state index in [4.69, 9.17) is 36.7 Å².